The summed E-state index contributed by atoms with van der Waals surface area (Å²) in [7, 11) is 4.47. The number of nitrogens with one attached hydrogen (secondary N) is 1. The Hall–Kier alpha value is -2.76. The van der Waals surface area contributed by atoms with E-state index in [4.69, 9.17) is 14.2 Å². The van der Waals surface area contributed by atoms with E-state index in [0.29, 0.717) is 22.9 Å². The van der Waals surface area contributed by atoms with Gasteiger partial charge in [0.05, 0.1) is 26.9 Å². The van der Waals surface area contributed by atoms with E-state index < -0.39 is 11.7 Å². The summed E-state index contributed by atoms with van der Waals surface area (Å²) in [5, 5.41) is 2.73. The first kappa shape index (κ1) is 16.6. The van der Waals surface area contributed by atoms with Gasteiger partial charge in [0, 0.05) is 11.8 Å². The van der Waals surface area contributed by atoms with Crippen LogP contribution in [-0.2, 0) is 0 Å². The molecule has 0 unspecified atom stereocenters. The summed E-state index contributed by atoms with van der Waals surface area (Å²) in [6.45, 7) is 1.82. The van der Waals surface area contributed by atoms with E-state index in [9.17, 15) is 9.18 Å². The number of anilines is 1. The predicted octanol–water partition coefficient (Wildman–Crippen LogP) is 3.41. The van der Waals surface area contributed by atoms with Crippen molar-refractivity contribution in [1.82, 2.24) is 0 Å². The van der Waals surface area contributed by atoms with Crippen molar-refractivity contribution in [3.63, 3.8) is 0 Å². The highest BCUT2D eigenvalue weighted by Crippen LogP contribution is 2.33. The smallest absolute Gasteiger partial charge is 0.259 e. The molecule has 2 aromatic carbocycles. The quantitative estimate of drug-likeness (QED) is 0.917. The van der Waals surface area contributed by atoms with E-state index in [2.05, 4.69) is 5.32 Å². The maximum absolute atomic E-state index is 13.4. The third-order valence-corrected chi connectivity index (χ3v) is 3.38. The molecule has 1 amide bonds. The Labute approximate surface area is 134 Å². The average Bonchev–Trinajstić information content (AvgIpc) is 2.56. The molecule has 0 saturated carbocycles. The highest BCUT2D eigenvalue weighted by Gasteiger charge is 2.16. The molecule has 1 N–H and O–H groups in total. The van der Waals surface area contributed by atoms with Gasteiger partial charge >= 0.3 is 0 Å². The Morgan fingerprint density at radius 1 is 0.957 bits per heavy atom. The average molecular weight is 319 g/mol. The lowest BCUT2D eigenvalue weighted by Gasteiger charge is -2.14. The molecule has 0 spiro atoms. The zero-order chi connectivity index (χ0) is 17.0. The van der Waals surface area contributed by atoms with E-state index >= 15 is 0 Å². The normalized spacial score (nSPS) is 10.1. The van der Waals surface area contributed by atoms with E-state index in [-0.39, 0.29) is 5.56 Å². The summed E-state index contributed by atoms with van der Waals surface area (Å²) >= 11 is 0. The number of rotatable bonds is 5. The van der Waals surface area contributed by atoms with Gasteiger partial charge in [0.25, 0.3) is 5.91 Å². The number of amides is 1. The molecule has 122 valence electrons. The van der Waals surface area contributed by atoms with Gasteiger partial charge in [0.2, 0.25) is 0 Å². The molecule has 0 aromatic heterocycles. The molecule has 2 rings (SSSR count). The second-order valence-corrected chi connectivity index (χ2v) is 4.82. The molecule has 0 aliphatic rings. The molecule has 0 atom stereocenters. The van der Waals surface area contributed by atoms with Gasteiger partial charge in [-0.25, -0.2) is 4.39 Å². The Balaban J connectivity index is 2.36. The molecule has 0 radical (unpaired) electrons. The molecule has 0 saturated heterocycles. The molecule has 0 aliphatic heterocycles. The molecular weight excluding hydrogens is 301 g/mol. The number of ether oxygens (including phenoxy) is 3. The molecule has 0 fully saturated rings. The molecular formula is C17H18FNO4. The van der Waals surface area contributed by atoms with Crippen molar-refractivity contribution < 1.29 is 23.4 Å². The van der Waals surface area contributed by atoms with Gasteiger partial charge in [-0.1, -0.05) is 0 Å². The monoisotopic (exact) mass is 319 g/mol. The number of hydrogen-bond donors (Lipinski definition) is 1. The molecule has 0 heterocycles. The van der Waals surface area contributed by atoms with Crippen LogP contribution in [0, 0.1) is 12.7 Å². The highest BCUT2D eigenvalue weighted by molar-refractivity contribution is 6.06. The van der Waals surface area contributed by atoms with Gasteiger partial charge in [0.1, 0.15) is 11.6 Å². The standard InChI is InChI=1S/C17H18FNO4/c1-10-7-15(22-3)16(23-4)9-13(10)19-17(20)12-8-11(18)5-6-14(12)21-2/h5-9H,1-4H3,(H,19,20). The number of halogens is 1. The van der Waals surface area contributed by atoms with Crippen molar-refractivity contribution in [2.24, 2.45) is 0 Å². The van der Waals surface area contributed by atoms with Gasteiger partial charge in [-0.2, -0.15) is 0 Å². The van der Waals surface area contributed by atoms with Crippen LogP contribution in [0.3, 0.4) is 0 Å². The third-order valence-electron chi connectivity index (χ3n) is 3.38. The van der Waals surface area contributed by atoms with Gasteiger partial charge in [-0.15, -0.1) is 0 Å². The molecule has 0 bridgehead atoms. The first-order valence-electron chi connectivity index (χ1n) is 6.87. The summed E-state index contributed by atoms with van der Waals surface area (Å²) in [4.78, 5) is 12.4. The van der Waals surface area contributed by atoms with Crippen LogP contribution in [0.2, 0.25) is 0 Å². The Morgan fingerprint density at radius 2 is 1.57 bits per heavy atom. The minimum absolute atomic E-state index is 0.113. The van der Waals surface area contributed by atoms with E-state index in [1.807, 2.05) is 6.92 Å². The van der Waals surface area contributed by atoms with E-state index in [1.54, 1.807) is 12.1 Å². The lowest BCUT2D eigenvalue weighted by molar-refractivity contribution is 0.102. The van der Waals surface area contributed by atoms with Crippen molar-refractivity contribution in [3.05, 3.63) is 47.3 Å². The molecule has 2 aromatic rings. The maximum Gasteiger partial charge on any atom is 0.259 e. The minimum Gasteiger partial charge on any atom is -0.496 e. The first-order valence-corrected chi connectivity index (χ1v) is 6.87. The Bertz CT molecular complexity index is 731. The van der Waals surface area contributed by atoms with Crippen LogP contribution >= 0.6 is 0 Å². The highest BCUT2D eigenvalue weighted by atomic mass is 19.1. The molecule has 0 aliphatic carbocycles. The van der Waals surface area contributed by atoms with Crippen LogP contribution in [0.1, 0.15) is 15.9 Å². The van der Waals surface area contributed by atoms with Crippen LogP contribution in [0.4, 0.5) is 10.1 Å². The van der Waals surface area contributed by atoms with Crippen molar-refractivity contribution in [2.75, 3.05) is 26.6 Å². The van der Waals surface area contributed by atoms with Crippen molar-refractivity contribution in [3.8, 4) is 17.2 Å². The topological polar surface area (TPSA) is 56.8 Å². The van der Waals surface area contributed by atoms with Gasteiger partial charge in [0.15, 0.2) is 11.5 Å². The number of aryl methyl sites for hydroxylation is 1. The van der Waals surface area contributed by atoms with Gasteiger partial charge in [-0.3, -0.25) is 4.79 Å². The Morgan fingerprint density at radius 3 is 2.17 bits per heavy atom. The van der Waals surface area contributed by atoms with Gasteiger partial charge < -0.3 is 19.5 Å². The second kappa shape index (κ2) is 7.00. The zero-order valence-electron chi connectivity index (χ0n) is 13.4. The minimum atomic E-state index is -0.514. The number of benzene rings is 2. The zero-order valence-corrected chi connectivity index (χ0v) is 13.4. The van der Waals surface area contributed by atoms with E-state index in [1.165, 1.54) is 33.5 Å². The summed E-state index contributed by atoms with van der Waals surface area (Å²) in [5.41, 5.74) is 1.44. The number of hydrogen-bond acceptors (Lipinski definition) is 4. The Kier molecular flexibility index (Phi) is 5.05. The van der Waals surface area contributed by atoms with Crippen LogP contribution < -0.4 is 19.5 Å². The maximum atomic E-state index is 13.4. The summed E-state index contributed by atoms with van der Waals surface area (Å²) in [6.07, 6.45) is 0. The van der Waals surface area contributed by atoms with Crippen LogP contribution in [-0.4, -0.2) is 27.2 Å². The first-order chi connectivity index (χ1) is 11.0. The van der Waals surface area contributed by atoms with Crippen molar-refractivity contribution in [2.45, 2.75) is 6.92 Å². The lowest BCUT2D eigenvalue weighted by Crippen LogP contribution is -2.14. The van der Waals surface area contributed by atoms with Crippen LogP contribution in [0.25, 0.3) is 0 Å². The molecule has 5 nitrogen and oxygen atoms in total. The number of methoxy groups -OCH3 is 3. The third kappa shape index (κ3) is 3.53. The van der Waals surface area contributed by atoms with Crippen LogP contribution in [0.15, 0.2) is 30.3 Å². The summed E-state index contributed by atoms with van der Waals surface area (Å²) < 4.78 is 28.9. The number of carbonyl (C=O) groups excluding carboxylic acids is 1. The largest absolute Gasteiger partial charge is 0.496 e. The fourth-order valence-corrected chi connectivity index (χ4v) is 2.16. The molecule has 6 heteroatoms. The fourth-order valence-electron chi connectivity index (χ4n) is 2.16. The lowest BCUT2D eigenvalue weighted by atomic mass is 10.1. The summed E-state index contributed by atoms with van der Waals surface area (Å²) in [6, 6.07) is 7.17. The van der Waals surface area contributed by atoms with Crippen molar-refractivity contribution in [1.29, 1.82) is 0 Å². The number of carbonyl (C=O) groups is 1. The van der Waals surface area contributed by atoms with Crippen molar-refractivity contribution >= 4 is 11.6 Å². The second-order valence-electron chi connectivity index (χ2n) is 4.82. The molecule has 23 heavy (non-hydrogen) atoms. The van der Waals surface area contributed by atoms with E-state index in [0.717, 1.165) is 11.6 Å². The van der Waals surface area contributed by atoms with Gasteiger partial charge in [-0.05, 0) is 36.8 Å². The predicted molar refractivity (Wildman–Crippen MR) is 85.2 cm³/mol. The summed E-state index contributed by atoms with van der Waals surface area (Å²) in [5.74, 6) is 0.352. The van der Waals surface area contributed by atoms with Crippen LogP contribution in [0.5, 0.6) is 17.2 Å². The SMILES string of the molecule is COc1cc(C)c(NC(=O)c2cc(F)ccc2OC)cc1OC. The fraction of sp³-hybridized carbons (Fsp3) is 0.235.